The molecule has 200 valence electrons. The van der Waals surface area contributed by atoms with E-state index in [9.17, 15) is 9.59 Å². The Morgan fingerprint density at radius 3 is 2.73 bits per heavy atom. The van der Waals surface area contributed by atoms with E-state index in [0.717, 1.165) is 48.4 Å². The summed E-state index contributed by atoms with van der Waals surface area (Å²) < 4.78 is 5.45. The van der Waals surface area contributed by atoms with E-state index in [-0.39, 0.29) is 24.7 Å². The average Bonchev–Trinajstić information content (AvgIpc) is 3.13. The van der Waals surface area contributed by atoms with Gasteiger partial charge in [-0.25, -0.2) is 5.84 Å². The zero-order valence-corrected chi connectivity index (χ0v) is 22.2. The van der Waals surface area contributed by atoms with Gasteiger partial charge in [-0.1, -0.05) is 25.1 Å². The molecule has 4 N–H and O–H groups in total. The molecule has 2 heterocycles. The molecule has 2 aliphatic rings. The van der Waals surface area contributed by atoms with Gasteiger partial charge in [-0.05, 0) is 55.7 Å². The molecule has 1 aromatic rings. The van der Waals surface area contributed by atoms with Crippen molar-refractivity contribution in [1.29, 1.82) is 0 Å². The summed E-state index contributed by atoms with van der Waals surface area (Å²) in [5.41, 5.74) is 5.64. The van der Waals surface area contributed by atoms with E-state index in [4.69, 9.17) is 16.4 Å². The molecule has 0 saturated carbocycles. The van der Waals surface area contributed by atoms with Gasteiger partial charge in [-0.2, -0.15) is 5.10 Å². The molecule has 0 saturated heterocycles. The first kappa shape index (κ1) is 28.2. The minimum absolute atomic E-state index is 0.0497. The van der Waals surface area contributed by atoms with Crippen LogP contribution in [0.25, 0.3) is 0 Å². The number of likely N-dealkylation sites (N-methyl/N-ethyl adjacent to an activating group) is 2. The first-order chi connectivity index (χ1) is 17.9. The maximum absolute atomic E-state index is 13.0. The Kier molecular flexibility index (Phi) is 10.6. The molecule has 0 aromatic heterocycles. The summed E-state index contributed by atoms with van der Waals surface area (Å²) in [6.07, 6.45) is 7.93. The van der Waals surface area contributed by atoms with Crippen LogP contribution in [-0.2, 0) is 22.6 Å². The molecule has 2 aliphatic heterocycles. The number of hydrogen-bond acceptors (Lipinski definition) is 8. The summed E-state index contributed by atoms with van der Waals surface area (Å²) in [6, 6.07) is 4.01. The lowest BCUT2D eigenvalue weighted by atomic mass is 9.92. The summed E-state index contributed by atoms with van der Waals surface area (Å²) in [6.45, 7) is 11.1. The number of Topliss-reactive ketones (excluding diaryl/α,β-unsaturated/α-hetero) is 1. The van der Waals surface area contributed by atoms with Crippen LogP contribution in [0.4, 0.5) is 0 Å². The van der Waals surface area contributed by atoms with Crippen molar-refractivity contribution in [2.45, 2.75) is 40.2 Å². The number of hydrazone groups is 1. The van der Waals surface area contributed by atoms with Gasteiger partial charge in [0.1, 0.15) is 12.9 Å². The van der Waals surface area contributed by atoms with E-state index in [2.05, 4.69) is 34.9 Å². The van der Waals surface area contributed by atoms with Gasteiger partial charge in [-0.3, -0.25) is 19.6 Å². The number of nitrogens with two attached hydrogens (primary N) is 2. The number of hydrazine groups is 1. The van der Waals surface area contributed by atoms with Crippen LogP contribution in [-0.4, -0.2) is 84.4 Å². The normalized spacial score (nSPS) is 15.4. The van der Waals surface area contributed by atoms with Crippen LogP contribution in [0.15, 0.2) is 46.2 Å². The van der Waals surface area contributed by atoms with E-state index < -0.39 is 0 Å². The van der Waals surface area contributed by atoms with Crippen LogP contribution in [0, 0.1) is 6.92 Å². The fourth-order valence-electron chi connectivity index (χ4n) is 4.53. The predicted molar refractivity (Wildman–Crippen MR) is 146 cm³/mol. The summed E-state index contributed by atoms with van der Waals surface area (Å²) in [5.74, 6) is 11.1. The summed E-state index contributed by atoms with van der Waals surface area (Å²) >= 11 is 0. The van der Waals surface area contributed by atoms with Crippen molar-refractivity contribution in [1.82, 2.24) is 14.8 Å². The molecule has 0 bridgehead atoms. The molecule has 1 amide bonds. The first-order valence-electron chi connectivity index (χ1n) is 12.8. The fraction of sp³-hybridized carbons (Fsp3) is 0.481. The van der Waals surface area contributed by atoms with E-state index in [1.54, 1.807) is 0 Å². The van der Waals surface area contributed by atoms with Gasteiger partial charge in [0.2, 0.25) is 5.91 Å². The number of ether oxygens (including phenoxy) is 1. The molecule has 0 atom stereocenters. The Morgan fingerprint density at radius 2 is 2.00 bits per heavy atom. The van der Waals surface area contributed by atoms with Crippen LogP contribution in [0.5, 0.6) is 0 Å². The van der Waals surface area contributed by atoms with E-state index in [1.165, 1.54) is 16.9 Å². The number of allylic oxidation sites excluding steroid dienone is 3. The van der Waals surface area contributed by atoms with Gasteiger partial charge >= 0.3 is 0 Å². The van der Waals surface area contributed by atoms with Crippen molar-refractivity contribution < 1.29 is 14.3 Å². The van der Waals surface area contributed by atoms with Crippen molar-refractivity contribution in [3.8, 4) is 0 Å². The molecule has 37 heavy (non-hydrogen) atoms. The van der Waals surface area contributed by atoms with Crippen LogP contribution < -0.4 is 11.7 Å². The quantitative estimate of drug-likeness (QED) is 0.190. The second-order valence-corrected chi connectivity index (χ2v) is 9.12. The summed E-state index contributed by atoms with van der Waals surface area (Å²) in [5, 5.41) is 4.73. The SMILES string of the molecule is CCN(CCc1ccc2c(c1C)COCC2=O)CCN(CC)C(=O)CC1=NCC(N(N)/C=N\N)=CC=C1. The fourth-order valence-corrected chi connectivity index (χ4v) is 4.53. The average molecular weight is 510 g/mol. The standard InChI is InChI=1S/C27H39N7O3/c1-4-32(12-11-21-9-10-24-25(20(21)3)17-37-18-26(24)35)13-14-33(5-2)27(36)15-22-7-6-8-23(16-30-22)34(29)19-31-28/h6-10,19H,4-5,11-18,28-29H2,1-3H3/b31-19-. The Balaban J connectivity index is 1.52. The van der Waals surface area contributed by atoms with Crippen LogP contribution in [0.1, 0.15) is 47.3 Å². The van der Waals surface area contributed by atoms with Gasteiger partial charge < -0.3 is 20.4 Å². The molecule has 0 fully saturated rings. The Morgan fingerprint density at radius 1 is 1.19 bits per heavy atom. The lowest BCUT2D eigenvalue weighted by Crippen LogP contribution is -2.40. The van der Waals surface area contributed by atoms with E-state index >= 15 is 0 Å². The molecule has 10 heteroatoms. The van der Waals surface area contributed by atoms with E-state index in [1.807, 2.05) is 36.1 Å². The summed E-state index contributed by atoms with van der Waals surface area (Å²) in [7, 11) is 0. The van der Waals surface area contributed by atoms with Crippen LogP contribution in [0.2, 0.25) is 0 Å². The Bertz CT molecular complexity index is 1090. The van der Waals surface area contributed by atoms with Crippen molar-refractivity contribution in [2.75, 3.05) is 45.9 Å². The van der Waals surface area contributed by atoms with Crippen LogP contribution >= 0.6 is 0 Å². The molecule has 0 spiro atoms. The maximum Gasteiger partial charge on any atom is 0.228 e. The number of hydrogen-bond donors (Lipinski definition) is 2. The first-order valence-corrected chi connectivity index (χ1v) is 12.8. The van der Waals surface area contributed by atoms with Gasteiger partial charge in [-0.15, -0.1) is 0 Å². The Labute approximate surface area is 219 Å². The second kappa shape index (κ2) is 13.8. The molecule has 10 nitrogen and oxygen atoms in total. The monoisotopic (exact) mass is 509 g/mol. The van der Waals surface area contributed by atoms with Crippen molar-refractivity contribution >= 4 is 23.7 Å². The van der Waals surface area contributed by atoms with Gasteiger partial charge in [0.05, 0.1) is 25.3 Å². The third-order valence-corrected chi connectivity index (χ3v) is 6.93. The number of rotatable bonds is 12. The molecule has 1 aromatic carbocycles. The van der Waals surface area contributed by atoms with Crippen molar-refractivity contribution in [3.05, 3.63) is 58.3 Å². The number of carbonyl (C=O) groups is 2. The largest absolute Gasteiger partial charge is 0.369 e. The number of amides is 1. The topological polar surface area (TPSA) is 130 Å². The molecular formula is C27H39N7O3. The highest BCUT2D eigenvalue weighted by Gasteiger charge is 2.21. The molecule has 0 unspecified atom stereocenters. The zero-order chi connectivity index (χ0) is 26.8. The van der Waals surface area contributed by atoms with E-state index in [0.29, 0.717) is 32.0 Å². The van der Waals surface area contributed by atoms with Crippen molar-refractivity contribution in [2.24, 2.45) is 21.8 Å². The number of nitrogens with zero attached hydrogens (tertiary/aromatic N) is 5. The lowest BCUT2D eigenvalue weighted by Gasteiger charge is -2.27. The highest BCUT2D eigenvalue weighted by atomic mass is 16.5. The zero-order valence-electron chi connectivity index (χ0n) is 22.2. The van der Waals surface area contributed by atoms with Crippen LogP contribution in [0.3, 0.4) is 0 Å². The number of benzene rings is 1. The second-order valence-electron chi connectivity index (χ2n) is 9.12. The number of fused-ring (bicyclic) bond motifs is 1. The molecule has 3 rings (SSSR count). The minimum atomic E-state index is 0.0497. The van der Waals surface area contributed by atoms with Crippen molar-refractivity contribution in [3.63, 3.8) is 0 Å². The third-order valence-electron chi connectivity index (χ3n) is 6.93. The highest BCUT2D eigenvalue weighted by Crippen LogP contribution is 2.24. The predicted octanol–water partition coefficient (Wildman–Crippen LogP) is 1.78. The Hall–Kier alpha value is -3.34. The van der Waals surface area contributed by atoms with Gasteiger partial charge in [0.25, 0.3) is 0 Å². The minimum Gasteiger partial charge on any atom is -0.369 e. The molecule has 0 aliphatic carbocycles. The molecule has 0 radical (unpaired) electrons. The number of carbonyl (C=O) groups excluding carboxylic acids is 2. The smallest absolute Gasteiger partial charge is 0.228 e. The lowest BCUT2D eigenvalue weighted by molar-refractivity contribution is -0.129. The third kappa shape index (κ3) is 7.58. The van der Waals surface area contributed by atoms with Gasteiger partial charge in [0, 0.05) is 37.5 Å². The van der Waals surface area contributed by atoms with Gasteiger partial charge in [0.15, 0.2) is 5.78 Å². The maximum atomic E-state index is 13.0. The number of ketones is 1. The summed E-state index contributed by atoms with van der Waals surface area (Å²) in [4.78, 5) is 33.9. The number of aliphatic imine (C=N–C) groups is 1. The molecular weight excluding hydrogens is 470 g/mol. The highest BCUT2D eigenvalue weighted by molar-refractivity contribution is 6.07.